The number of nitrogens with zero attached hydrogens (tertiary/aromatic N) is 2. The number of rotatable bonds is 5. The van der Waals surface area contributed by atoms with Crippen LogP contribution in [0.1, 0.15) is 48.1 Å². The summed E-state index contributed by atoms with van der Waals surface area (Å²) < 4.78 is 0. The molecule has 1 amide bonds. The highest BCUT2D eigenvalue weighted by molar-refractivity contribution is 6.51. The molecule has 1 aliphatic rings. The molecule has 3 aromatic carbocycles. The highest BCUT2D eigenvalue weighted by Gasteiger charge is 2.47. The third-order valence-corrected chi connectivity index (χ3v) is 5.97. The molecular weight excluding hydrogens is 432 g/mol. The Morgan fingerprint density at radius 2 is 1.68 bits per heavy atom. The molecule has 4 rings (SSSR count). The first-order valence-electron chi connectivity index (χ1n) is 10.9. The number of aryl methyl sites for hydroxylation is 1. The summed E-state index contributed by atoms with van der Waals surface area (Å²) >= 11 is 0. The van der Waals surface area contributed by atoms with Crippen molar-refractivity contribution in [1.82, 2.24) is 0 Å². The lowest BCUT2D eigenvalue weighted by molar-refractivity contribution is -0.384. The maximum absolute atomic E-state index is 13.2. The van der Waals surface area contributed by atoms with E-state index in [1.54, 1.807) is 18.2 Å². The van der Waals surface area contributed by atoms with E-state index in [0.717, 1.165) is 11.1 Å². The largest absolute Gasteiger partial charge is 0.507 e. The van der Waals surface area contributed by atoms with Gasteiger partial charge in [-0.3, -0.25) is 24.6 Å². The molecule has 7 heteroatoms. The molecule has 1 aliphatic heterocycles. The molecule has 1 saturated heterocycles. The summed E-state index contributed by atoms with van der Waals surface area (Å²) in [5.74, 6) is -1.76. The number of nitro groups is 1. The minimum atomic E-state index is -0.885. The van der Waals surface area contributed by atoms with Crippen molar-refractivity contribution in [2.75, 3.05) is 4.90 Å². The molecule has 0 radical (unpaired) electrons. The monoisotopic (exact) mass is 456 g/mol. The van der Waals surface area contributed by atoms with E-state index in [1.165, 1.54) is 29.2 Å². The van der Waals surface area contributed by atoms with Crippen LogP contribution in [0.15, 0.2) is 78.4 Å². The Hall–Kier alpha value is -4.26. The second-order valence-electron chi connectivity index (χ2n) is 8.64. The summed E-state index contributed by atoms with van der Waals surface area (Å²) in [6, 6.07) is 19.3. The van der Waals surface area contributed by atoms with Gasteiger partial charge in [0, 0.05) is 23.4 Å². The topological polar surface area (TPSA) is 101 Å². The molecular formula is C27H24N2O5. The Morgan fingerprint density at radius 3 is 2.29 bits per heavy atom. The standard InChI is InChI=1S/C27H24N2O5/c1-16(2)18-10-12-21(13-11-18)28-24(19-7-4-6-17(3)14-19)23(26(31)27(28)32)25(30)20-8-5-9-22(15-20)29(33)34/h4-16,24,30H,1-3H3/b25-23-. The summed E-state index contributed by atoms with van der Waals surface area (Å²) in [6.07, 6.45) is 0. The third kappa shape index (κ3) is 4.08. The first-order chi connectivity index (χ1) is 16.2. The molecule has 0 aromatic heterocycles. The zero-order valence-corrected chi connectivity index (χ0v) is 19.1. The quantitative estimate of drug-likeness (QED) is 0.176. The molecule has 7 nitrogen and oxygen atoms in total. The average Bonchev–Trinajstić information content (AvgIpc) is 3.09. The molecule has 34 heavy (non-hydrogen) atoms. The molecule has 0 saturated carbocycles. The Morgan fingerprint density at radius 1 is 1.00 bits per heavy atom. The van der Waals surface area contributed by atoms with E-state index in [-0.39, 0.29) is 16.8 Å². The molecule has 1 heterocycles. The van der Waals surface area contributed by atoms with Crippen LogP contribution in [0.4, 0.5) is 11.4 Å². The number of carbonyl (C=O) groups is 2. The number of anilines is 1. The fraction of sp³-hybridized carbons (Fsp3) is 0.185. The number of non-ortho nitro benzene ring substituents is 1. The lowest BCUT2D eigenvalue weighted by atomic mass is 9.94. The summed E-state index contributed by atoms with van der Waals surface area (Å²) in [5.41, 5.74) is 2.95. The van der Waals surface area contributed by atoms with Crippen molar-refractivity contribution in [1.29, 1.82) is 0 Å². The Kier molecular flexibility index (Phi) is 6.03. The SMILES string of the molecule is Cc1cccc(C2/C(=C(/O)c3cccc([N+](=O)[O-])c3)C(=O)C(=O)N2c2ccc(C(C)C)cc2)c1. The maximum atomic E-state index is 13.2. The van der Waals surface area contributed by atoms with Crippen LogP contribution in [0.25, 0.3) is 5.76 Å². The first kappa shape index (κ1) is 22.9. The van der Waals surface area contributed by atoms with Crippen LogP contribution in [0.3, 0.4) is 0 Å². The number of hydrogen-bond donors (Lipinski definition) is 1. The van der Waals surface area contributed by atoms with Crippen LogP contribution in [-0.4, -0.2) is 21.7 Å². The van der Waals surface area contributed by atoms with Gasteiger partial charge in [0.25, 0.3) is 17.4 Å². The van der Waals surface area contributed by atoms with Gasteiger partial charge in [0.2, 0.25) is 0 Å². The third-order valence-electron chi connectivity index (χ3n) is 5.97. The van der Waals surface area contributed by atoms with Crippen LogP contribution in [-0.2, 0) is 9.59 Å². The van der Waals surface area contributed by atoms with Crippen molar-refractivity contribution in [3.63, 3.8) is 0 Å². The summed E-state index contributed by atoms with van der Waals surface area (Å²) in [5, 5.41) is 22.4. The minimum Gasteiger partial charge on any atom is -0.507 e. The number of ketones is 1. The van der Waals surface area contributed by atoms with Crippen molar-refractivity contribution in [2.45, 2.75) is 32.7 Å². The molecule has 0 aliphatic carbocycles. The lowest BCUT2D eigenvalue weighted by Crippen LogP contribution is -2.29. The Balaban J connectivity index is 1.93. The lowest BCUT2D eigenvalue weighted by Gasteiger charge is -2.26. The molecule has 0 bridgehead atoms. The smallest absolute Gasteiger partial charge is 0.300 e. The Bertz CT molecular complexity index is 1320. The second-order valence-corrected chi connectivity index (χ2v) is 8.64. The molecule has 3 aromatic rings. The number of carbonyl (C=O) groups excluding carboxylic acids is 2. The van der Waals surface area contributed by atoms with Gasteiger partial charge in [-0.05, 0) is 36.1 Å². The van der Waals surface area contributed by atoms with Crippen molar-refractivity contribution in [2.24, 2.45) is 0 Å². The van der Waals surface area contributed by atoms with Gasteiger partial charge in [0.15, 0.2) is 0 Å². The number of aliphatic hydroxyl groups excluding tert-OH is 1. The van der Waals surface area contributed by atoms with Crippen molar-refractivity contribution >= 4 is 28.8 Å². The van der Waals surface area contributed by atoms with Gasteiger partial charge in [-0.2, -0.15) is 0 Å². The van der Waals surface area contributed by atoms with Crippen molar-refractivity contribution < 1.29 is 19.6 Å². The van der Waals surface area contributed by atoms with Gasteiger partial charge in [-0.25, -0.2) is 0 Å². The van der Waals surface area contributed by atoms with Crippen molar-refractivity contribution in [3.05, 3.63) is 111 Å². The second kappa shape index (κ2) is 8.94. The number of hydrogen-bond acceptors (Lipinski definition) is 5. The van der Waals surface area contributed by atoms with Crippen LogP contribution in [0, 0.1) is 17.0 Å². The van der Waals surface area contributed by atoms with Gasteiger partial charge in [0.1, 0.15) is 5.76 Å². The van der Waals surface area contributed by atoms with Crippen LogP contribution in [0.2, 0.25) is 0 Å². The minimum absolute atomic E-state index is 0.0972. The fourth-order valence-electron chi connectivity index (χ4n) is 4.20. The number of nitro benzene ring substituents is 1. The van der Waals surface area contributed by atoms with Crippen LogP contribution >= 0.6 is 0 Å². The summed E-state index contributed by atoms with van der Waals surface area (Å²) in [6.45, 7) is 6.02. The predicted molar refractivity (Wildman–Crippen MR) is 130 cm³/mol. The van der Waals surface area contributed by atoms with E-state index in [4.69, 9.17) is 0 Å². The highest BCUT2D eigenvalue weighted by atomic mass is 16.6. The van der Waals surface area contributed by atoms with E-state index in [0.29, 0.717) is 17.2 Å². The molecule has 1 fully saturated rings. The van der Waals surface area contributed by atoms with Crippen molar-refractivity contribution in [3.8, 4) is 0 Å². The molecule has 1 N–H and O–H groups in total. The van der Waals surface area contributed by atoms with E-state index in [9.17, 15) is 24.8 Å². The van der Waals surface area contributed by atoms with E-state index in [1.807, 2.05) is 37.3 Å². The van der Waals surface area contributed by atoms with Gasteiger partial charge in [-0.1, -0.05) is 67.9 Å². The first-order valence-corrected chi connectivity index (χ1v) is 10.9. The molecule has 0 spiro atoms. The molecule has 172 valence electrons. The van der Waals surface area contributed by atoms with Gasteiger partial charge < -0.3 is 5.11 Å². The van der Waals surface area contributed by atoms with Gasteiger partial charge >= 0.3 is 0 Å². The van der Waals surface area contributed by atoms with E-state index < -0.39 is 28.4 Å². The molecule has 1 unspecified atom stereocenters. The van der Waals surface area contributed by atoms with Crippen LogP contribution in [0.5, 0.6) is 0 Å². The zero-order chi connectivity index (χ0) is 24.6. The number of amides is 1. The Labute approximate surface area is 197 Å². The van der Waals surface area contributed by atoms with E-state index >= 15 is 0 Å². The number of benzene rings is 3. The zero-order valence-electron chi connectivity index (χ0n) is 19.1. The number of aliphatic hydroxyl groups is 1. The van der Waals surface area contributed by atoms with E-state index in [2.05, 4.69) is 13.8 Å². The van der Waals surface area contributed by atoms with Gasteiger partial charge in [-0.15, -0.1) is 0 Å². The maximum Gasteiger partial charge on any atom is 0.300 e. The fourth-order valence-corrected chi connectivity index (χ4v) is 4.20. The summed E-state index contributed by atoms with van der Waals surface area (Å²) in [7, 11) is 0. The predicted octanol–water partition coefficient (Wildman–Crippen LogP) is 5.65. The van der Waals surface area contributed by atoms with Crippen LogP contribution < -0.4 is 4.90 Å². The normalized spacial score (nSPS) is 17.4. The highest BCUT2D eigenvalue weighted by Crippen LogP contribution is 2.42. The summed E-state index contributed by atoms with van der Waals surface area (Å²) in [4.78, 5) is 38.5. The molecule has 1 atom stereocenters. The van der Waals surface area contributed by atoms with Gasteiger partial charge in [0.05, 0.1) is 16.5 Å². The average molecular weight is 456 g/mol. The number of Topliss-reactive ketones (excluding diaryl/α,β-unsaturated/α-hetero) is 1.